The second-order valence-corrected chi connectivity index (χ2v) is 8.41. The quantitative estimate of drug-likeness (QED) is 0.764. The molecule has 0 amide bonds. The molecule has 0 aliphatic rings. The van der Waals surface area contributed by atoms with E-state index in [1.54, 1.807) is 52.0 Å². The summed E-state index contributed by atoms with van der Waals surface area (Å²) >= 11 is 0. The standard InChI is InChI=1S/C20H30O4/c1-18(2,3)16(21)14-8-10-15(11-9-14)17(22)20(6,7)24-13-12-19(4,5)23/h8-11,23H,12-13H2,1-7H3. The minimum absolute atomic E-state index is 0.0437. The highest BCUT2D eigenvalue weighted by Gasteiger charge is 2.30. The summed E-state index contributed by atoms with van der Waals surface area (Å²) in [6.45, 7) is 12.7. The Morgan fingerprint density at radius 1 is 0.875 bits per heavy atom. The highest BCUT2D eigenvalue weighted by Crippen LogP contribution is 2.23. The molecule has 0 radical (unpaired) electrons. The second-order valence-electron chi connectivity index (χ2n) is 8.41. The van der Waals surface area contributed by atoms with Crippen LogP contribution in [0.25, 0.3) is 0 Å². The molecule has 1 rings (SSSR count). The van der Waals surface area contributed by atoms with E-state index in [9.17, 15) is 14.7 Å². The number of benzene rings is 1. The van der Waals surface area contributed by atoms with Gasteiger partial charge in [-0.05, 0) is 34.1 Å². The Bertz CT molecular complexity index is 584. The fourth-order valence-corrected chi connectivity index (χ4v) is 2.18. The zero-order valence-corrected chi connectivity index (χ0v) is 15.9. The maximum Gasteiger partial charge on any atom is 0.194 e. The van der Waals surface area contributed by atoms with Crippen molar-refractivity contribution >= 4 is 11.6 Å². The molecule has 4 nitrogen and oxygen atoms in total. The first-order chi connectivity index (χ1) is 10.7. The van der Waals surface area contributed by atoms with Crippen LogP contribution in [0.15, 0.2) is 24.3 Å². The van der Waals surface area contributed by atoms with Crippen LogP contribution in [0.4, 0.5) is 0 Å². The number of carbonyl (C=O) groups excluding carboxylic acids is 2. The minimum Gasteiger partial charge on any atom is -0.390 e. The summed E-state index contributed by atoms with van der Waals surface area (Å²) in [6, 6.07) is 6.71. The van der Waals surface area contributed by atoms with Gasteiger partial charge in [-0.3, -0.25) is 9.59 Å². The number of aliphatic hydroxyl groups is 1. The first-order valence-corrected chi connectivity index (χ1v) is 8.30. The molecule has 1 N–H and O–H groups in total. The van der Waals surface area contributed by atoms with E-state index in [1.165, 1.54) is 0 Å². The summed E-state index contributed by atoms with van der Waals surface area (Å²) < 4.78 is 5.68. The van der Waals surface area contributed by atoms with E-state index >= 15 is 0 Å². The molecule has 0 spiro atoms. The van der Waals surface area contributed by atoms with Gasteiger partial charge in [0.1, 0.15) is 5.60 Å². The maximum absolute atomic E-state index is 12.6. The largest absolute Gasteiger partial charge is 0.390 e. The monoisotopic (exact) mass is 334 g/mol. The van der Waals surface area contributed by atoms with Gasteiger partial charge in [0.15, 0.2) is 11.6 Å². The van der Waals surface area contributed by atoms with Crippen molar-refractivity contribution in [2.45, 2.75) is 66.1 Å². The van der Waals surface area contributed by atoms with Gasteiger partial charge >= 0.3 is 0 Å². The van der Waals surface area contributed by atoms with Gasteiger partial charge < -0.3 is 9.84 Å². The van der Waals surface area contributed by atoms with Crippen molar-refractivity contribution in [1.29, 1.82) is 0 Å². The molecule has 0 unspecified atom stereocenters. The molecule has 24 heavy (non-hydrogen) atoms. The average molecular weight is 334 g/mol. The number of ketones is 2. The molecular weight excluding hydrogens is 304 g/mol. The summed E-state index contributed by atoms with van der Waals surface area (Å²) in [5, 5.41) is 9.72. The van der Waals surface area contributed by atoms with E-state index in [1.807, 2.05) is 20.8 Å². The molecule has 0 fully saturated rings. The maximum atomic E-state index is 12.6. The molecule has 0 saturated heterocycles. The number of Topliss-reactive ketones (excluding diaryl/α,β-unsaturated/α-hetero) is 2. The second kappa shape index (κ2) is 7.16. The van der Waals surface area contributed by atoms with Crippen molar-refractivity contribution in [3.8, 4) is 0 Å². The number of hydrogen-bond acceptors (Lipinski definition) is 4. The predicted octanol–water partition coefficient (Wildman–Crippen LogP) is 4.05. The summed E-state index contributed by atoms with van der Waals surface area (Å²) in [7, 11) is 0. The predicted molar refractivity (Wildman–Crippen MR) is 95.5 cm³/mol. The van der Waals surface area contributed by atoms with Gasteiger partial charge in [-0.1, -0.05) is 45.0 Å². The lowest BCUT2D eigenvalue weighted by atomic mass is 9.86. The Balaban J connectivity index is 2.82. The molecule has 0 saturated carbocycles. The summed E-state index contributed by atoms with van der Waals surface area (Å²) in [5.41, 5.74) is -1.16. The topological polar surface area (TPSA) is 63.6 Å². The van der Waals surface area contributed by atoms with Crippen LogP contribution in [0.1, 0.15) is 75.6 Å². The first-order valence-electron chi connectivity index (χ1n) is 8.30. The molecule has 0 aliphatic carbocycles. The van der Waals surface area contributed by atoms with Crippen LogP contribution in [0.5, 0.6) is 0 Å². The van der Waals surface area contributed by atoms with Crippen molar-refractivity contribution in [2.75, 3.05) is 6.61 Å². The lowest BCUT2D eigenvalue weighted by Gasteiger charge is -2.26. The van der Waals surface area contributed by atoms with Crippen molar-refractivity contribution in [1.82, 2.24) is 0 Å². The summed E-state index contributed by atoms with van der Waals surface area (Å²) in [6.07, 6.45) is 0.447. The zero-order valence-electron chi connectivity index (χ0n) is 15.9. The smallest absolute Gasteiger partial charge is 0.194 e. The highest BCUT2D eigenvalue weighted by atomic mass is 16.5. The minimum atomic E-state index is -0.985. The summed E-state index contributed by atoms with van der Waals surface area (Å²) in [4.78, 5) is 24.9. The van der Waals surface area contributed by atoms with Crippen molar-refractivity contribution < 1.29 is 19.4 Å². The van der Waals surface area contributed by atoms with Crippen LogP contribution in [0.3, 0.4) is 0 Å². The van der Waals surface area contributed by atoms with Crippen LogP contribution in [0.2, 0.25) is 0 Å². The number of rotatable bonds is 7. The summed E-state index contributed by atoms with van der Waals surface area (Å²) in [5.74, 6) is -0.102. The van der Waals surface area contributed by atoms with Gasteiger partial charge in [-0.15, -0.1) is 0 Å². The highest BCUT2D eigenvalue weighted by molar-refractivity contribution is 6.04. The van der Waals surface area contributed by atoms with Crippen molar-refractivity contribution in [3.63, 3.8) is 0 Å². The fraction of sp³-hybridized carbons (Fsp3) is 0.600. The van der Waals surface area contributed by atoms with E-state index in [-0.39, 0.29) is 11.6 Å². The van der Waals surface area contributed by atoms with E-state index in [4.69, 9.17) is 4.74 Å². The van der Waals surface area contributed by atoms with E-state index in [2.05, 4.69) is 0 Å². The number of carbonyl (C=O) groups is 2. The Kier molecular flexibility index (Phi) is 6.12. The van der Waals surface area contributed by atoms with Gasteiger partial charge in [0.25, 0.3) is 0 Å². The van der Waals surface area contributed by atoms with Crippen molar-refractivity contribution in [3.05, 3.63) is 35.4 Å². The molecule has 0 atom stereocenters. The first kappa shape index (κ1) is 20.5. The fourth-order valence-electron chi connectivity index (χ4n) is 2.18. The molecule has 0 heterocycles. The Hall–Kier alpha value is -1.52. The number of ether oxygens (including phenoxy) is 1. The average Bonchev–Trinajstić information content (AvgIpc) is 2.43. The third kappa shape index (κ3) is 5.84. The van der Waals surface area contributed by atoms with Gasteiger partial charge in [0.2, 0.25) is 0 Å². The third-order valence-electron chi connectivity index (χ3n) is 3.81. The van der Waals surface area contributed by atoms with Gasteiger partial charge in [-0.25, -0.2) is 0 Å². The van der Waals surface area contributed by atoms with Crippen LogP contribution in [-0.4, -0.2) is 34.5 Å². The van der Waals surface area contributed by atoms with E-state index in [0.717, 1.165) is 0 Å². The SMILES string of the molecule is CC(C)(O)CCOC(C)(C)C(=O)c1ccc(C(=O)C(C)(C)C)cc1. The molecular formula is C20H30O4. The lowest BCUT2D eigenvalue weighted by Crippen LogP contribution is -2.36. The zero-order chi connectivity index (χ0) is 18.8. The molecule has 4 heteroatoms. The van der Waals surface area contributed by atoms with E-state index in [0.29, 0.717) is 24.2 Å². The molecule has 0 aromatic heterocycles. The van der Waals surface area contributed by atoms with Gasteiger partial charge in [0.05, 0.1) is 12.2 Å². The molecule has 1 aromatic carbocycles. The lowest BCUT2D eigenvalue weighted by molar-refractivity contribution is -0.0315. The Labute approximate surface area is 145 Å². The molecule has 1 aromatic rings. The molecule has 134 valence electrons. The molecule has 0 bridgehead atoms. The molecule has 0 aliphatic heterocycles. The van der Waals surface area contributed by atoms with Gasteiger partial charge in [-0.2, -0.15) is 0 Å². The van der Waals surface area contributed by atoms with Gasteiger partial charge in [0, 0.05) is 16.5 Å². The Morgan fingerprint density at radius 2 is 1.29 bits per heavy atom. The Morgan fingerprint density at radius 3 is 1.67 bits per heavy atom. The normalized spacial score (nSPS) is 13.0. The van der Waals surface area contributed by atoms with Crippen LogP contribution in [0, 0.1) is 5.41 Å². The van der Waals surface area contributed by atoms with E-state index < -0.39 is 16.6 Å². The number of hydrogen-bond donors (Lipinski definition) is 1. The third-order valence-corrected chi connectivity index (χ3v) is 3.81. The van der Waals surface area contributed by atoms with Crippen LogP contribution < -0.4 is 0 Å². The van der Waals surface area contributed by atoms with Crippen molar-refractivity contribution in [2.24, 2.45) is 5.41 Å². The van der Waals surface area contributed by atoms with Crippen LogP contribution in [-0.2, 0) is 4.74 Å². The van der Waals surface area contributed by atoms with Crippen LogP contribution >= 0.6 is 0 Å².